The third-order valence-electron chi connectivity index (χ3n) is 5.96. The second-order valence-corrected chi connectivity index (χ2v) is 7.89. The van der Waals surface area contributed by atoms with Gasteiger partial charge in [0.1, 0.15) is 0 Å². The molecule has 0 radical (unpaired) electrons. The first kappa shape index (κ1) is 20.4. The molecule has 0 spiro atoms. The Hall–Kier alpha value is -2.86. The van der Waals surface area contributed by atoms with E-state index < -0.39 is 0 Å². The van der Waals surface area contributed by atoms with Gasteiger partial charge < -0.3 is 9.47 Å². The van der Waals surface area contributed by atoms with Gasteiger partial charge in [-0.3, -0.25) is 19.4 Å². The number of carbonyl (C=O) groups excluding carboxylic acids is 2. The molecule has 0 N–H and O–H groups in total. The van der Waals surface area contributed by atoms with Crippen LogP contribution in [-0.2, 0) is 22.6 Å². The molecule has 0 unspecified atom stereocenters. The summed E-state index contributed by atoms with van der Waals surface area (Å²) in [7, 11) is 1.63. The number of imide groups is 1. The van der Waals surface area contributed by atoms with Crippen LogP contribution in [0.3, 0.4) is 0 Å². The van der Waals surface area contributed by atoms with Crippen LogP contribution in [0.2, 0.25) is 0 Å². The minimum Gasteiger partial charge on any atom is -0.493 e. The van der Waals surface area contributed by atoms with Crippen LogP contribution < -0.4 is 9.47 Å². The first-order valence-electron chi connectivity index (χ1n) is 10.5. The van der Waals surface area contributed by atoms with E-state index >= 15 is 0 Å². The molecule has 2 saturated heterocycles. The van der Waals surface area contributed by atoms with Crippen LogP contribution in [0.5, 0.6) is 11.5 Å². The Morgan fingerprint density at radius 1 is 0.933 bits per heavy atom. The highest BCUT2D eigenvalue weighted by atomic mass is 16.5. The SMILES string of the molecule is CCOc1ccc(CN2C[C@@H]3C(=O)N(CCc4ccccc4)C(=O)[C@@H]3C2)cc1OC. The van der Waals surface area contributed by atoms with Gasteiger partial charge in [-0.2, -0.15) is 0 Å². The topological polar surface area (TPSA) is 59.1 Å². The lowest BCUT2D eigenvalue weighted by atomic mass is 10.00. The van der Waals surface area contributed by atoms with Crippen molar-refractivity contribution >= 4 is 11.8 Å². The van der Waals surface area contributed by atoms with E-state index in [0.717, 1.165) is 16.9 Å². The van der Waals surface area contributed by atoms with Crippen molar-refractivity contribution in [2.24, 2.45) is 11.8 Å². The van der Waals surface area contributed by atoms with Gasteiger partial charge in [0.15, 0.2) is 11.5 Å². The smallest absolute Gasteiger partial charge is 0.234 e. The molecular weight excluding hydrogens is 380 g/mol. The number of carbonyl (C=O) groups is 2. The molecule has 6 nitrogen and oxygen atoms in total. The van der Waals surface area contributed by atoms with E-state index in [0.29, 0.717) is 45.0 Å². The van der Waals surface area contributed by atoms with Crippen molar-refractivity contribution in [3.05, 3.63) is 59.7 Å². The lowest BCUT2D eigenvalue weighted by Gasteiger charge is -2.21. The van der Waals surface area contributed by atoms with Crippen LogP contribution in [0.1, 0.15) is 18.1 Å². The van der Waals surface area contributed by atoms with Gasteiger partial charge in [0.25, 0.3) is 0 Å². The minimum atomic E-state index is -0.224. The zero-order valence-electron chi connectivity index (χ0n) is 17.5. The Morgan fingerprint density at radius 2 is 1.63 bits per heavy atom. The van der Waals surface area contributed by atoms with E-state index in [9.17, 15) is 9.59 Å². The molecule has 2 heterocycles. The van der Waals surface area contributed by atoms with Gasteiger partial charge in [-0.1, -0.05) is 36.4 Å². The summed E-state index contributed by atoms with van der Waals surface area (Å²) in [6, 6.07) is 15.9. The van der Waals surface area contributed by atoms with E-state index in [1.54, 1.807) is 7.11 Å². The molecule has 2 aliphatic rings. The van der Waals surface area contributed by atoms with Gasteiger partial charge in [-0.15, -0.1) is 0 Å². The number of hydrogen-bond acceptors (Lipinski definition) is 5. The van der Waals surface area contributed by atoms with Gasteiger partial charge in [-0.05, 0) is 36.6 Å². The lowest BCUT2D eigenvalue weighted by molar-refractivity contribution is -0.140. The summed E-state index contributed by atoms with van der Waals surface area (Å²) in [6.45, 7) is 4.90. The van der Waals surface area contributed by atoms with E-state index in [4.69, 9.17) is 9.47 Å². The van der Waals surface area contributed by atoms with Crippen LogP contribution in [-0.4, -0.2) is 55.0 Å². The highest BCUT2D eigenvalue weighted by molar-refractivity contribution is 6.05. The van der Waals surface area contributed by atoms with Gasteiger partial charge in [0.05, 0.1) is 25.6 Å². The predicted molar refractivity (Wildman–Crippen MR) is 113 cm³/mol. The first-order chi connectivity index (χ1) is 14.6. The summed E-state index contributed by atoms with van der Waals surface area (Å²) in [5.74, 6) is 0.936. The van der Waals surface area contributed by atoms with Crippen LogP contribution in [0.4, 0.5) is 0 Å². The summed E-state index contributed by atoms with van der Waals surface area (Å²) >= 11 is 0. The van der Waals surface area contributed by atoms with Crippen LogP contribution in [0, 0.1) is 11.8 Å². The molecular formula is C24H28N2O4. The molecule has 2 aromatic rings. The lowest BCUT2D eigenvalue weighted by Crippen LogP contribution is -2.37. The normalized spacial score (nSPS) is 21.2. The molecule has 30 heavy (non-hydrogen) atoms. The monoisotopic (exact) mass is 408 g/mol. The first-order valence-corrected chi connectivity index (χ1v) is 10.5. The summed E-state index contributed by atoms with van der Waals surface area (Å²) in [5.41, 5.74) is 2.22. The maximum absolute atomic E-state index is 12.9. The van der Waals surface area contributed by atoms with Gasteiger partial charge in [0, 0.05) is 26.2 Å². The van der Waals surface area contributed by atoms with E-state index in [1.165, 1.54) is 4.90 Å². The summed E-state index contributed by atoms with van der Waals surface area (Å²) < 4.78 is 11.0. The fourth-order valence-corrected chi connectivity index (χ4v) is 4.47. The number of benzene rings is 2. The highest BCUT2D eigenvalue weighted by Crippen LogP contribution is 2.35. The fraction of sp³-hybridized carbons (Fsp3) is 0.417. The maximum atomic E-state index is 12.9. The number of ether oxygens (including phenoxy) is 2. The number of hydrogen-bond donors (Lipinski definition) is 0. The minimum absolute atomic E-state index is 0.0206. The molecule has 2 fully saturated rings. The average molecular weight is 408 g/mol. The van der Waals surface area contributed by atoms with Crippen molar-refractivity contribution < 1.29 is 19.1 Å². The Balaban J connectivity index is 1.37. The van der Waals surface area contributed by atoms with Crippen molar-refractivity contribution in [3.8, 4) is 11.5 Å². The molecule has 2 aromatic carbocycles. The Kier molecular flexibility index (Phi) is 6.04. The molecule has 2 atom stereocenters. The van der Waals surface area contributed by atoms with E-state index in [2.05, 4.69) is 4.90 Å². The second kappa shape index (κ2) is 8.88. The molecule has 0 aliphatic carbocycles. The molecule has 4 rings (SSSR count). The molecule has 0 bridgehead atoms. The fourth-order valence-electron chi connectivity index (χ4n) is 4.47. The Morgan fingerprint density at radius 3 is 2.27 bits per heavy atom. The van der Waals surface area contributed by atoms with Crippen LogP contribution in [0.15, 0.2) is 48.5 Å². The molecule has 0 saturated carbocycles. The number of rotatable bonds is 8. The van der Waals surface area contributed by atoms with Crippen molar-refractivity contribution in [2.45, 2.75) is 19.9 Å². The summed E-state index contributed by atoms with van der Waals surface area (Å²) in [6.07, 6.45) is 0.702. The third kappa shape index (κ3) is 4.05. The number of fused-ring (bicyclic) bond motifs is 1. The van der Waals surface area contributed by atoms with Gasteiger partial charge in [0.2, 0.25) is 11.8 Å². The number of methoxy groups -OCH3 is 1. The van der Waals surface area contributed by atoms with Crippen LogP contribution >= 0.6 is 0 Å². The van der Waals surface area contributed by atoms with Crippen molar-refractivity contribution in [1.82, 2.24) is 9.80 Å². The number of amides is 2. The molecule has 0 aromatic heterocycles. The zero-order chi connectivity index (χ0) is 21.1. The zero-order valence-corrected chi connectivity index (χ0v) is 17.5. The second-order valence-electron chi connectivity index (χ2n) is 7.89. The van der Waals surface area contributed by atoms with E-state index in [-0.39, 0.29) is 23.7 Å². The number of nitrogens with zero attached hydrogens (tertiary/aromatic N) is 2. The quantitative estimate of drug-likeness (QED) is 0.629. The van der Waals surface area contributed by atoms with Crippen molar-refractivity contribution in [1.29, 1.82) is 0 Å². The number of likely N-dealkylation sites (tertiary alicyclic amines) is 2. The molecule has 158 valence electrons. The van der Waals surface area contributed by atoms with Gasteiger partial charge >= 0.3 is 0 Å². The molecule has 6 heteroatoms. The molecule has 2 amide bonds. The molecule has 2 aliphatic heterocycles. The van der Waals surface area contributed by atoms with Crippen LogP contribution in [0.25, 0.3) is 0 Å². The third-order valence-corrected chi connectivity index (χ3v) is 5.96. The highest BCUT2D eigenvalue weighted by Gasteiger charge is 2.51. The van der Waals surface area contributed by atoms with Gasteiger partial charge in [-0.25, -0.2) is 0 Å². The van der Waals surface area contributed by atoms with E-state index in [1.807, 2.05) is 55.5 Å². The maximum Gasteiger partial charge on any atom is 0.234 e. The standard InChI is InChI=1S/C24H28N2O4/c1-3-30-21-10-9-18(13-22(21)29-2)14-25-15-19-20(16-25)24(28)26(23(19)27)12-11-17-7-5-4-6-8-17/h4-10,13,19-20H,3,11-12,14-16H2,1-2H3/t19-,20+. The predicted octanol–water partition coefficient (Wildman–Crippen LogP) is 2.75. The summed E-state index contributed by atoms with van der Waals surface area (Å²) in [5, 5.41) is 0. The van der Waals surface area contributed by atoms with Crippen molar-refractivity contribution in [2.75, 3.05) is 33.4 Å². The Labute approximate surface area is 177 Å². The van der Waals surface area contributed by atoms with Crippen molar-refractivity contribution in [3.63, 3.8) is 0 Å². The summed E-state index contributed by atoms with van der Waals surface area (Å²) in [4.78, 5) is 29.4. The largest absolute Gasteiger partial charge is 0.493 e. The average Bonchev–Trinajstić information content (AvgIpc) is 3.27. The Bertz CT molecular complexity index is 891.